The maximum absolute atomic E-state index is 12.4. The highest BCUT2D eigenvalue weighted by atomic mass is 32.1. The number of amides is 1. The first-order valence-corrected chi connectivity index (χ1v) is 9.82. The van der Waals surface area contributed by atoms with Crippen molar-refractivity contribution in [2.75, 3.05) is 18.0 Å². The summed E-state index contributed by atoms with van der Waals surface area (Å²) in [4.78, 5) is 18.9. The summed E-state index contributed by atoms with van der Waals surface area (Å²) in [6, 6.07) is 9.62. The number of thiophene rings is 1. The predicted molar refractivity (Wildman–Crippen MR) is 103 cm³/mol. The molecule has 27 heavy (non-hydrogen) atoms. The maximum atomic E-state index is 12.4. The molecule has 3 aromatic rings. The van der Waals surface area contributed by atoms with Crippen LogP contribution in [-0.4, -0.2) is 35.2 Å². The molecule has 8 heteroatoms. The molecule has 0 spiro atoms. The van der Waals surface area contributed by atoms with Gasteiger partial charge in [0.05, 0.1) is 18.8 Å². The van der Waals surface area contributed by atoms with Gasteiger partial charge in [-0.3, -0.25) is 4.79 Å². The number of benzene rings is 1. The highest BCUT2D eigenvalue weighted by Gasteiger charge is 2.31. The minimum atomic E-state index is -0.578. The summed E-state index contributed by atoms with van der Waals surface area (Å²) in [5.74, 6) is 1.64. The standard InChI is InChI=1S/C19H20N4O3S/c1-2-8-20-19(24)16-10-23(14-5-3-4-6-15(14)25-16)11-17-21-18(22-26-17)13-7-9-27-12-13/h3-7,9,12,16H,2,8,10-11H2,1H3,(H,20,24)/t16-/m0/s1. The van der Waals surface area contributed by atoms with E-state index in [2.05, 4.69) is 15.5 Å². The van der Waals surface area contributed by atoms with E-state index >= 15 is 0 Å². The minimum absolute atomic E-state index is 0.110. The number of anilines is 1. The van der Waals surface area contributed by atoms with E-state index in [9.17, 15) is 4.79 Å². The van der Waals surface area contributed by atoms with Gasteiger partial charge in [-0.2, -0.15) is 16.3 Å². The number of nitrogens with one attached hydrogen (secondary N) is 1. The molecule has 0 fully saturated rings. The first-order valence-electron chi connectivity index (χ1n) is 8.88. The fourth-order valence-corrected chi connectivity index (χ4v) is 3.58. The Labute approximate surface area is 161 Å². The van der Waals surface area contributed by atoms with Crippen LogP contribution in [0.25, 0.3) is 11.4 Å². The number of carbonyl (C=O) groups excluding carboxylic acids is 1. The summed E-state index contributed by atoms with van der Waals surface area (Å²) in [6.45, 7) is 3.48. The SMILES string of the molecule is CCCNC(=O)[C@@H]1CN(Cc2nc(-c3ccsc3)no2)c2ccccc2O1. The zero-order valence-electron chi connectivity index (χ0n) is 14.9. The number of nitrogens with zero attached hydrogens (tertiary/aromatic N) is 3. The van der Waals surface area contributed by atoms with Crippen molar-refractivity contribution in [3.05, 3.63) is 47.0 Å². The second kappa shape index (κ2) is 7.79. The van der Waals surface area contributed by atoms with Gasteiger partial charge in [-0.1, -0.05) is 24.2 Å². The van der Waals surface area contributed by atoms with Gasteiger partial charge >= 0.3 is 0 Å². The number of rotatable bonds is 6. The van der Waals surface area contributed by atoms with Crippen molar-refractivity contribution in [2.24, 2.45) is 0 Å². The number of ether oxygens (including phenoxy) is 1. The molecule has 1 N–H and O–H groups in total. The lowest BCUT2D eigenvalue weighted by atomic mass is 10.1. The van der Waals surface area contributed by atoms with E-state index in [1.165, 1.54) is 0 Å². The van der Waals surface area contributed by atoms with Gasteiger partial charge < -0.3 is 19.5 Å². The summed E-state index contributed by atoms with van der Waals surface area (Å²) < 4.78 is 11.3. The lowest BCUT2D eigenvalue weighted by Gasteiger charge is -2.34. The van der Waals surface area contributed by atoms with E-state index in [0.717, 1.165) is 17.7 Å². The summed E-state index contributed by atoms with van der Waals surface area (Å²) in [5.41, 5.74) is 1.85. The molecular weight excluding hydrogens is 364 g/mol. The molecule has 0 unspecified atom stereocenters. The molecule has 0 radical (unpaired) electrons. The molecule has 140 valence electrons. The van der Waals surface area contributed by atoms with Crippen LogP contribution in [0.15, 0.2) is 45.6 Å². The Morgan fingerprint density at radius 3 is 3.07 bits per heavy atom. The van der Waals surface area contributed by atoms with Crippen LogP contribution in [0.3, 0.4) is 0 Å². The van der Waals surface area contributed by atoms with Crippen LogP contribution in [0.4, 0.5) is 5.69 Å². The van der Waals surface area contributed by atoms with Crippen LogP contribution in [0.2, 0.25) is 0 Å². The maximum Gasteiger partial charge on any atom is 0.262 e. The molecule has 0 aliphatic carbocycles. The Kier molecular flexibility index (Phi) is 5.06. The molecule has 1 aromatic carbocycles. The highest BCUT2D eigenvalue weighted by Crippen LogP contribution is 2.34. The number of para-hydroxylation sites is 2. The van der Waals surface area contributed by atoms with Crippen LogP contribution >= 0.6 is 11.3 Å². The van der Waals surface area contributed by atoms with Crippen LogP contribution < -0.4 is 15.0 Å². The summed E-state index contributed by atoms with van der Waals surface area (Å²) in [7, 11) is 0. The van der Waals surface area contributed by atoms with Gasteiger partial charge in [0.15, 0.2) is 6.10 Å². The van der Waals surface area contributed by atoms with Gasteiger partial charge in [0, 0.05) is 17.5 Å². The molecule has 0 saturated carbocycles. The zero-order valence-corrected chi connectivity index (χ0v) is 15.7. The number of hydrogen-bond donors (Lipinski definition) is 1. The summed E-state index contributed by atoms with van der Waals surface area (Å²) >= 11 is 1.59. The van der Waals surface area contributed by atoms with E-state index in [-0.39, 0.29) is 5.91 Å². The topological polar surface area (TPSA) is 80.5 Å². The molecular formula is C19H20N4O3S. The molecule has 1 atom stereocenters. The van der Waals surface area contributed by atoms with Crippen molar-refractivity contribution in [3.8, 4) is 17.1 Å². The Balaban J connectivity index is 1.54. The van der Waals surface area contributed by atoms with Crippen molar-refractivity contribution in [1.29, 1.82) is 0 Å². The molecule has 3 heterocycles. The summed E-state index contributed by atoms with van der Waals surface area (Å²) in [5, 5.41) is 10.9. The largest absolute Gasteiger partial charge is 0.477 e. The normalized spacial score (nSPS) is 15.9. The number of aromatic nitrogens is 2. The van der Waals surface area contributed by atoms with E-state index < -0.39 is 6.10 Å². The average molecular weight is 384 g/mol. The average Bonchev–Trinajstić information content (AvgIpc) is 3.37. The number of carbonyl (C=O) groups is 1. The molecule has 1 amide bonds. The van der Waals surface area contributed by atoms with E-state index in [4.69, 9.17) is 9.26 Å². The van der Waals surface area contributed by atoms with Crippen molar-refractivity contribution in [1.82, 2.24) is 15.5 Å². The summed E-state index contributed by atoms with van der Waals surface area (Å²) in [6.07, 6.45) is 0.303. The Morgan fingerprint density at radius 2 is 2.26 bits per heavy atom. The smallest absolute Gasteiger partial charge is 0.262 e. The van der Waals surface area contributed by atoms with Gasteiger partial charge in [-0.15, -0.1) is 0 Å². The van der Waals surface area contributed by atoms with E-state index in [0.29, 0.717) is 37.1 Å². The van der Waals surface area contributed by atoms with Crippen LogP contribution in [-0.2, 0) is 11.3 Å². The molecule has 2 aromatic heterocycles. The molecule has 1 aliphatic rings. The third-order valence-corrected chi connectivity index (χ3v) is 4.96. The second-order valence-corrected chi connectivity index (χ2v) is 7.05. The predicted octanol–water partition coefficient (Wildman–Crippen LogP) is 3.09. The zero-order chi connectivity index (χ0) is 18.6. The Bertz CT molecular complexity index is 909. The molecule has 7 nitrogen and oxygen atoms in total. The van der Waals surface area contributed by atoms with Gasteiger partial charge in [0.25, 0.3) is 5.91 Å². The minimum Gasteiger partial charge on any atom is -0.477 e. The molecule has 4 rings (SSSR count). The molecule has 0 saturated heterocycles. The lowest BCUT2D eigenvalue weighted by molar-refractivity contribution is -0.127. The molecule has 1 aliphatic heterocycles. The second-order valence-electron chi connectivity index (χ2n) is 6.27. The third-order valence-electron chi connectivity index (χ3n) is 4.28. The van der Waals surface area contributed by atoms with E-state index in [1.807, 2.05) is 52.9 Å². The monoisotopic (exact) mass is 384 g/mol. The first kappa shape index (κ1) is 17.5. The Hall–Kier alpha value is -2.87. The van der Waals surface area contributed by atoms with Gasteiger partial charge in [-0.05, 0) is 30.0 Å². The lowest BCUT2D eigenvalue weighted by Crippen LogP contribution is -2.48. The molecule has 0 bridgehead atoms. The highest BCUT2D eigenvalue weighted by molar-refractivity contribution is 7.08. The van der Waals surface area contributed by atoms with Crippen LogP contribution in [0.5, 0.6) is 5.75 Å². The number of hydrogen-bond acceptors (Lipinski definition) is 7. The van der Waals surface area contributed by atoms with Crippen molar-refractivity contribution >= 4 is 22.9 Å². The van der Waals surface area contributed by atoms with Crippen LogP contribution in [0, 0.1) is 0 Å². The van der Waals surface area contributed by atoms with Gasteiger partial charge in [-0.25, -0.2) is 0 Å². The van der Waals surface area contributed by atoms with Crippen molar-refractivity contribution in [3.63, 3.8) is 0 Å². The quantitative estimate of drug-likeness (QED) is 0.703. The third kappa shape index (κ3) is 3.80. The first-order chi connectivity index (χ1) is 13.2. The van der Waals surface area contributed by atoms with Crippen molar-refractivity contribution < 1.29 is 14.1 Å². The number of fused-ring (bicyclic) bond motifs is 1. The fourth-order valence-electron chi connectivity index (χ4n) is 2.95. The fraction of sp³-hybridized carbons (Fsp3) is 0.316. The van der Waals surface area contributed by atoms with Crippen LogP contribution in [0.1, 0.15) is 19.2 Å². The van der Waals surface area contributed by atoms with Gasteiger partial charge in [0.2, 0.25) is 11.7 Å². The van der Waals surface area contributed by atoms with Crippen molar-refractivity contribution in [2.45, 2.75) is 26.0 Å². The van der Waals surface area contributed by atoms with E-state index in [1.54, 1.807) is 11.3 Å². The Morgan fingerprint density at radius 1 is 1.37 bits per heavy atom. The van der Waals surface area contributed by atoms with Gasteiger partial charge in [0.1, 0.15) is 5.75 Å².